The number of sulfonamides is 1. The molecule has 0 aliphatic heterocycles. The lowest BCUT2D eigenvalue weighted by atomic mass is 9.99. The van der Waals surface area contributed by atoms with Crippen LogP contribution in [0.15, 0.2) is 29.2 Å². The van der Waals surface area contributed by atoms with Crippen LogP contribution in [0.3, 0.4) is 0 Å². The zero-order valence-electron chi connectivity index (χ0n) is 12.9. The molecule has 1 saturated carbocycles. The monoisotopic (exact) mass is 310 g/mol. The second-order valence-electron chi connectivity index (χ2n) is 6.11. The van der Waals surface area contributed by atoms with E-state index in [0.717, 1.165) is 18.4 Å². The fraction of sp³-hybridized carbons (Fsp3) is 0.625. The Balaban J connectivity index is 2.08. The van der Waals surface area contributed by atoms with Crippen molar-refractivity contribution < 1.29 is 8.42 Å². The summed E-state index contributed by atoms with van der Waals surface area (Å²) >= 11 is 0. The van der Waals surface area contributed by atoms with Crippen molar-refractivity contribution in [3.63, 3.8) is 0 Å². The van der Waals surface area contributed by atoms with E-state index in [-0.39, 0.29) is 6.04 Å². The zero-order chi connectivity index (χ0) is 15.5. The summed E-state index contributed by atoms with van der Waals surface area (Å²) in [5.41, 5.74) is 6.85. The predicted octanol–water partition coefficient (Wildman–Crippen LogP) is 2.81. The first-order chi connectivity index (χ1) is 9.94. The summed E-state index contributed by atoms with van der Waals surface area (Å²) in [5.74, 6) is 1.06. The number of hydrogen-bond donors (Lipinski definition) is 2. The highest BCUT2D eigenvalue weighted by Gasteiger charge is 2.25. The molecule has 1 aliphatic carbocycles. The third-order valence-electron chi connectivity index (χ3n) is 4.61. The molecule has 0 heterocycles. The van der Waals surface area contributed by atoms with Crippen molar-refractivity contribution in [2.75, 3.05) is 6.54 Å². The number of nitrogens with two attached hydrogens (primary N) is 1. The lowest BCUT2D eigenvalue weighted by Crippen LogP contribution is -2.30. The summed E-state index contributed by atoms with van der Waals surface area (Å²) < 4.78 is 27.6. The van der Waals surface area contributed by atoms with Gasteiger partial charge in [-0.1, -0.05) is 38.8 Å². The molecule has 0 amide bonds. The largest absolute Gasteiger partial charge is 0.324 e. The minimum atomic E-state index is -3.44. The maximum absolute atomic E-state index is 12.4. The summed E-state index contributed by atoms with van der Waals surface area (Å²) in [5, 5.41) is 0. The molecule has 3 unspecified atom stereocenters. The highest BCUT2D eigenvalue weighted by atomic mass is 32.2. The van der Waals surface area contributed by atoms with Crippen molar-refractivity contribution >= 4 is 10.0 Å². The van der Waals surface area contributed by atoms with Crippen LogP contribution in [0.4, 0.5) is 0 Å². The van der Waals surface area contributed by atoms with E-state index in [4.69, 9.17) is 5.73 Å². The van der Waals surface area contributed by atoms with Crippen LogP contribution in [0, 0.1) is 11.8 Å². The highest BCUT2D eigenvalue weighted by molar-refractivity contribution is 7.89. The topological polar surface area (TPSA) is 72.2 Å². The van der Waals surface area contributed by atoms with E-state index in [9.17, 15) is 8.42 Å². The molecule has 21 heavy (non-hydrogen) atoms. The zero-order valence-corrected chi connectivity index (χ0v) is 13.7. The number of benzene rings is 1. The van der Waals surface area contributed by atoms with Gasteiger partial charge in [0, 0.05) is 12.6 Å². The lowest BCUT2D eigenvalue weighted by molar-refractivity contribution is 0.414. The summed E-state index contributed by atoms with van der Waals surface area (Å²) in [4.78, 5) is 0.314. The number of rotatable bonds is 6. The Labute approximate surface area is 128 Å². The number of nitrogens with one attached hydrogen (secondary N) is 1. The van der Waals surface area contributed by atoms with Crippen molar-refractivity contribution in [3.8, 4) is 0 Å². The molecule has 0 radical (unpaired) electrons. The van der Waals surface area contributed by atoms with Crippen LogP contribution in [0.1, 0.15) is 51.1 Å². The third-order valence-corrected chi connectivity index (χ3v) is 6.03. The van der Waals surface area contributed by atoms with Gasteiger partial charge in [-0.05, 0) is 42.4 Å². The molecule has 0 spiro atoms. The molecule has 0 saturated heterocycles. The van der Waals surface area contributed by atoms with Gasteiger partial charge in [0.1, 0.15) is 0 Å². The Morgan fingerprint density at radius 1 is 1.38 bits per heavy atom. The Morgan fingerprint density at radius 3 is 2.76 bits per heavy atom. The minimum Gasteiger partial charge on any atom is -0.324 e. The molecule has 1 aromatic rings. The van der Waals surface area contributed by atoms with Gasteiger partial charge in [-0.15, -0.1) is 0 Å². The Kier molecular flexibility index (Phi) is 5.41. The van der Waals surface area contributed by atoms with Gasteiger partial charge in [0.15, 0.2) is 0 Å². The van der Waals surface area contributed by atoms with Crippen LogP contribution in [0.25, 0.3) is 0 Å². The first kappa shape index (κ1) is 16.5. The summed E-state index contributed by atoms with van der Waals surface area (Å²) in [6.07, 6.45) is 4.31. The van der Waals surface area contributed by atoms with Gasteiger partial charge < -0.3 is 5.73 Å². The standard InChI is InChI=1S/C16H26N2O2S/c1-3-16(17)13-7-5-9-15(10-13)21(19,20)18-11-14-8-4-6-12(14)2/h5,7,9-10,12,14,16,18H,3-4,6,8,11,17H2,1-2H3. The van der Waals surface area contributed by atoms with Gasteiger partial charge in [0.25, 0.3) is 0 Å². The van der Waals surface area contributed by atoms with E-state index < -0.39 is 10.0 Å². The van der Waals surface area contributed by atoms with Gasteiger partial charge in [0.2, 0.25) is 10.0 Å². The normalized spacial score (nSPS) is 24.1. The van der Waals surface area contributed by atoms with Crippen LogP contribution in [-0.2, 0) is 10.0 Å². The maximum Gasteiger partial charge on any atom is 0.240 e. The molecule has 2 rings (SSSR count). The molecule has 5 heteroatoms. The molecule has 1 aliphatic rings. The first-order valence-corrected chi connectivity index (χ1v) is 9.27. The quantitative estimate of drug-likeness (QED) is 0.848. The van der Waals surface area contributed by atoms with Crippen LogP contribution < -0.4 is 10.5 Å². The van der Waals surface area contributed by atoms with Crippen LogP contribution in [0.2, 0.25) is 0 Å². The van der Waals surface area contributed by atoms with Crippen molar-refractivity contribution in [2.45, 2.75) is 50.5 Å². The van der Waals surface area contributed by atoms with E-state index in [0.29, 0.717) is 23.3 Å². The molecular formula is C16H26N2O2S. The van der Waals surface area contributed by atoms with Gasteiger partial charge in [-0.25, -0.2) is 13.1 Å². The SMILES string of the molecule is CCC(N)c1cccc(S(=O)(=O)NCC2CCCC2C)c1. The highest BCUT2D eigenvalue weighted by Crippen LogP contribution is 2.30. The van der Waals surface area contributed by atoms with Crippen molar-refractivity contribution in [3.05, 3.63) is 29.8 Å². The smallest absolute Gasteiger partial charge is 0.240 e. The molecule has 0 bridgehead atoms. The van der Waals surface area contributed by atoms with Crippen LogP contribution in [-0.4, -0.2) is 15.0 Å². The average molecular weight is 310 g/mol. The molecule has 3 N–H and O–H groups in total. The van der Waals surface area contributed by atoms with Gasteiger partial charge in [0.05, 0.1) is 4.90 Å². The molecule has 4 nitrogen and oxygen atoms in total. The minimum absolute atomic E-state index is 0.116. The fourth-order valence-corrected chi connectivity index (χ4v) is 4.12. The summed E-state index contributed by atoms with van der Waals surface area (Å²) in [6.45, 7) is 4.73. The Bertz CT molecular complexity index is 571. The number of hydrogen-bond acceptors (Lipinski definition) is 3. The second kappa shape index (κ2) is 6.90. The maximum atomic E-state index is 12.4. The van der Waals surface area contributed by atoms with E-state index in [1.807, 2.05) is 13.0 Å². The molecular weight excluding hydrogens is 284 g/mol. The Morgan fingerprint density at radius 2 is 2.14 bits per heavy atom. The van der Waals surface area contributed by atoms with Crippen molar-refractivity contribution in [2.24, 2.45) is 17.6 Å². The molecule has 1 aromatic carbocycles. The van der Waals surface area contributed by atoms with Gasteiger partial charge >= 0.3 is 0 Å². The van der Waals surface area contributed by atoms with E-state index in [1.54, 1.807) is 18.2 Å². The van der Waals surface area contributed by atoms with Crippen molar-refractivity contribution in [1.82, 2.24) is 4.72 Å². The van der Waals surface area contributed by atoms with Crippen LogP contribution in [0.5, 0.6) is 0 Å². The summed E-state index contributed by atoms with van der Waals surface area (Å²) in [7, 11) is -3.44. The second-order valence-corrected chi connectivity index (χ2v) is 7.87. The molecule has 1 fully saturated rings. The molecule has 118 valence electrons. The lowest BCUT2D eigenvalue weighted by Gasteiger charge is -2.17. The fourth-order valence-electron chi connectivity index (χ4n) is 2.97. The van der Waals surface area contributed by atoms with E-state index >= 15 is 0 Å². The molecule has 0 aromatic heterocycles. The predicted molar refractivity (Wildman–Crippen MR) is 85.4 cm³/mol. The Hall–Kier alpha value is -0.910. The van der Waals surface area contributed by atoms with Crippen LogP contribution >= 0.6 is 0 Å². The summed E-state index contributed by atoms with van der Waals surface area (Å²) in [6, 6.07) is 6.85. The van der Waals surface area contributed by atoms with Gasteiger partial charge in [-0.3, -0.25) is 0 Å². The molecule has 3 atom stereocenters. The third kappa shape index (κ3) is 4.05. The average Bonchev–Trinajstić information content (AvgIpc) is 2.90. The van der Waals surface area contributed by atoms with Gasteiger partial charge in [-0.2, -0.15) is 0 Å². The first-order valence-electron chi connectivity index (χ1n) is 7.79. The van der Waals surface area contributed by atoms with E-state index in [2.05, 4.69) is 11.6 Å². The van der Waals surface area contributed by atoms with Crippen molar-refractivity contribution in [1.29, 1.82) is 0 Å². The van der Waals surface area contributed by atoms with E-state index in [1.165, 1.54) is 12.8 Å².